The standard InChI is InChI=1S/C20H16BrFN4O2/c1-10-19(14(7-18(27)24-10)11-2-4-13(21)5-3-11)20(28)25-17-6-12-9-23-26-16(12)8-15(17)22/h2-6,8-9,14H,7H2,1H3,(H,23,26)(H,24,27)(H,25,28). The molecule has 0 saturated heterocycles. The van der Waals surface area contributed by atoms with E-state index in [9.17, 15) is 14.0 Å². The third-order valence-electron chi connectivity index (χ3n) is 4.76. The predicted octanol–water partition coefficient (Wildman–Crippen LogP) is 3.98. The zero-order valence-corrected chi connectivity index (χ0v) is 16.4. The molecular formula is C20H16BrFN4O2. The SMILES string of the molecule is CC1=C(C(=O)Nc2cc3cn[nH]c3cc2F)C(c2ccc(Br)cc2)CC(=O)N1. The van der Waals surface area contributed by atoms with Gasteiger partial charge < -0.3 is 10.6 Å². The topological polar surface area (TPSA) is 86.9 Å². The molecule has 4 rings (SSSR count). The van der Waals surface area contributed by atoms with Crippen molar-refractivity contribution in [2.75, 3.05) is 5.32 Å². The van der Waals surface area contributed by atoms with Crippen molar-refractivity contribution in [2.45, 2.75) is 19.3 Å². The van der Waals surface area contributed by atoms with E-state index >= 15 is 0 Å². The van der Waals surface area contributed by atoms with Crippen LogP contribution < -0.4 is 10.6 Å². The van der Waals surface area contributed by atoms with Crippen LogP contribution in [0.25, 0.3) is 10.9 Å². The monoisotopic (exact) mass is 442 g/mol. The van der Waals surface area contributed by atoms with Crippen molar-refractivity contribution in [3.63, 3.8) is 0 Å². The fourth-order valence-corrected chi connectivity index (χ4v) is 3.70. The maximum atomic E-state index is 14.4. The molecule has 28 heavy (non-hydrogen) atoms. The number of allylic oxidation sites excluding steroid dienone is 1. The van der Waals surface area contributed by atoms with Gasteiger partial charge in [0.05, 0.1) is 17.4 Å². The summed E-state index contributed by atoms with van der Waals surface area (Å²) in [7, 11) is 0. The smallest absolute Gasteiger partial charge is 0.254 e. The van der Waals surface area contributed by atoms with E-state index < -0.39 is 17.6 Å². The summed E-state index contributed by atoms with van der Waals surface area (Å²) in [4.78, 5) is 25.1. The van der Waals surface area contributed by atoms with Crippen molar-refractivity contribution < 1.29 is 14.0 Å². The average molecular weight is 443 g/mol. The lowest BCUT2D eigenvalue weighted by atomic mass is 9.84. The highest BCUT2D eigenvalue weighted by Crippen LogP contribution is 2.34. The highest BCUT2D eigenvalue weighted by molar-refractivity contribution is 9.10. The third-order valence-corrected chi connectivity index (χ3v) is 5.29. The summed E-state index contributed by atoms with van der Waals surface area (Å²) in [6.45, 7) is 1.67. The molecule has 142 valence electrons. The molecule has 8 heteroatoms. The second kappa shape index (κ2) is 7.20. The number of amides is 2. The maximum absolute atomic E-state index is 14.4. The number of aromatic amines is 1. The number of rotatable bonds is 3. The lowest BCUT2D eigenvalue weighted by molar-refractivity contribution is -0.121. The minimum Gasteiger partial charge on any atom is -0.330 e. The molecule has 1 aliphatic rings. The number of nitrogens with zero attached hydrogens (tertiary/aromatic N) is 1. The first kappa shape index (κ1) is 18.4. The number of hydrogen-bond acceptors (Lipinski definition) is 3. The molecular weight excluding hydrogens is 427 g/mol. The third kappa shape index (κ3) is 3.43. The van der Waals surface area contributed by atoms with E-state index in [0.717, 1.165) is 10.0 Å². The lowest BCUT2D eigenvalue weighted by Gasteiger charge is -2.27. The molecule has 0 aliphatic carbocycles. The van der Waals surface area contributed by atoms with Gasteiger partial charge in [0.15, 0.2) is 0 Å². The molecule has 0 fully saturated rings. The van der Waals surface area contributed by atoms with Gasteiger partial charge in [0.25, 0.3) is 5.91 Å². The number of aromatic nitrogens is 2. The molecule has 1 unspecified atom stereocenters. The molecule has 2 aromatic carbocycles. The normalized spacial score (nSPS) is 17.0. The van der Waals surface area contributed by atoms with Crippen molar-refractivity contribution in [1.29, 1.82) is 0 Å². The van der Waals surface area contributed by atoms with E-state index in [2.05, 4.69) is 36.8 Å². The highest BCUT2D eigenvalue weighted by Gasteiger charge is 2.32. The van der Waals surface area contributed by atoms with E-state index in [4.69, 9.17) is 0 Å². The Labute approximate surface area is 168 Å². The molecule has 6 nitrogen and oxygen atoms in total. The molecule has 1 aromatic heterocycles. The molecule has 0 bridgehead atoms. The van der Waals surface area contributed by atoms with Crippen LogP contribution in [0.5, 0.6) is 0 Å². The maximum Gasteiger partial charge on any atom is 0.254 e. The fraction of sp³-hybridized carbons (Fsp3) is 0.150. The van der Waals surface area contributed by atoms with Gasteiger partial charge in [-0.15, -0.1) is 0 Å². The van der Waals surface area contributed by atoms with Crippen LogP contribution in [0, 0.1) is 5.82 Å². The van der Waals surface area contributed by atoms with Crippen LogP contribution in [0.15, 0.2) is 58.3 Å². The van der Waals surface area contributed by atoms with E-state index in [-0.39, 0.29) is 18.0 Å². The predicted molar refractivity (Wildman–Crippen MR) is 107 cm³/mol. The van der Waals surface area contributed by atoms with Gasteiger partial charge >= 0.3 is 0 Å². The van der Waals surface area contributed by atoms with Crippen molar-refractivity contribution in [2.24, 2.45) is 0 Å². The number of carbonyl (C=O) groups is 2. The summed E-state index contributed by atoms with van der Waals surface area (Å²) >= 11 is 3.39. The number of benzene rings is 2. The Morgan fingerprint density at radius 2 is 2.04 bits per heavy atom. The summed E-state index contributed by atoms with van der Waals surface area (Å²) in [5.41, 5.74) is 2.32. The van der Waals surface area contributed by atoms with Gasteiger partial charge in [0.2, 0.25) is 5.91 Å². The fourth-order valence-electron chi connectivity index (χ4n) is 3.43. The number of fused-ring (bicyclic) bond motifs is 1. The van der Waals surface area contributed by atoms with E-state index in [1.165, 1.54) is 12.1 Å². The Morgan fingerprint density at radius 3 is 2.79 bits per heavy atom. The van der Waals surface area contributed by atoms with Crippen LogP contribution in [0.4, 0.5) is 10.1 Å². The molecule has 2 heterocycles. The second-order valence-corrected chi connectivity index (χ2v) is 7.55. The molecule has 3 aromatic rings. The summed E-state index contributed by atoms with van der Waals surface area (Å²) in [5.74, 6) is -1.59. The number of nitrogens with one attached hydrogen (secondary N) is 3. The minimum atomic E-state index is -0.566. The number of carbonyl (C=O) groups excluding carboxylic acids is 2. The first-order chi connectivity index (χ1) is 13.4. The highest BCUT2D eigenvalue weighted by atomic mass is 79.9. The van der Waals surface area contributed by atoms with E-state index in [0.29, 0.717) is 22.2 Å². The van der Waals surface area contributed by atoms with Gasteiger partial charge in [-0.25, -0.2) is 4.39 Å². The number of anilines is 1. The van der Waals surface area contributed by atoms with Gasteiger partial charge in [-0.2, -0.15) is 5.10 Å². The van der Waals surface area contributed by atoms with Crippen LogP contribution in [0.1, 0.15) is 24.8 Å². The van der Waals surface area contributed by atoms with Gasteiger partial charge in [0.1, 0.15) is 5.82 Å². The largest absolute Gasteiger partial charge is 0.330 e. The number of hydrogen-bond donors (Lipinski definition) is 3. The second-order valence-electron chi connectivity index (χ2n) is 6.64. The molecule has 1 aliphatic heterocycles. The van der Waals surface area contributed by atoms with Crippen molar-refractivity contribution >= 4 is 44.3 Å². The lowest BCUT2D eigenvalue weighted by Crippen LogP contribution is -2.35. The molecule has 0 saturated carbocycles. The van der Waals surface area contributed by atoms with Crippen molar-refractivity contribution in [3.8, 4) is 0 Å². The summed E-state index contributed by atoms with van der Waals surface area (Å²) in [6.07, 6.45) is 1.70. The van der Waals surface area contributed by atoms with Crippen LogP contribution >= 0.6 is 15.9 Å². The molecule has 0 radical (unpaired) electrons. The Hall–Kier alpha value is -3.00. The van der Waals surface area contributed by atoms with Gasteiger partial charge in [-0.1, -0.05) is 28.1 Å². The minimum absolute atomic E-state index is 0.0608. The summed E-state index contributed by atoms with van der Waals surface area (Å²) < 4.78 is 15.3. The van der Waals surface area contributed by atoms with Crippen LogP contribution in [-0.2, 0) is 9.59 Å². The number of halogens is 2. The van der Waals surface area contributed by atoms with Crippen LogP contribution in [-0.4, -0.2) is 22.0 Å². The first-order valence-corrected chi connectivity index (χ1v) is 9.41. The molecule has 3 N–H and O–H groups in total. The molecule has 0 spiro atoms. The Balaban J connectivity index is 1.69. The summed E-state index contributed by atoms with van der Waals surface area (Å²) in [6, 6.07) is 10.3. The Kier molecular flexibility index (Phi) is 4.72. The quantitative estimate of drug-likeness (QED) is 0.573. The summed E-state index contributed by atoms with van der Waals surface area (Å²) in [5, 5.41) is 12.6. The first-order valence-electron chi connectivity index (χ1n) is 8.62. The van der Waals surface area contributed by atoms with Gasteiger partial charge in [-0.3, -0.25) is 14.7 Å². The zero-order chi connectivity index (χ0) is 19.8. The van der Waals surface area contributed by atoms with E-state index in [1.807, 2.05) is 24.3 Å². The van der Waals surface area contributed by atoms with Crippen molar-refractivity contribution in [3.05, 3.63) is 69.7 Å². The van der Waals surface area contributed by atoms with Crippen molar-refractivity contribution in [1.82, 2.24) is 15.5 Å². The Bertz CT molecular complexity index is 1120. The van der Waals surface area contributed by atoms with E-state index in [1.54, 1.807) is 13.1 Å². The van der Waals surface area contributed by atoms with Gasteiger partial charge in [0, 0.05) is 39.5 Å². The number of H-pyrrole nitrogens is 1. The van der Waals surface area contributed by atoms with Gasteiger partial charge in [-0.05, 0) is 30.7 Å². The zero-order valence-electron chi connectivity index (χ0n) is 14.8. The Morgan fingerprint density at radius 1 is 1.29 bits per heavy atom. The van der Waals surface area contributed by atoms with Crippen LogP contribution in [0.3, 0.4) is 0 Å². The average Bonchev–Trinajstić information content (AvgIpc) is 3.09. The van der Waals surface area contributed by atoms with Crippen LogP contribution in [0.2, 0.25) is 0 Å². The molecule has 1 atom stereocenters. The molecule has 2 amide bonds.